The molecule has 2 heterocycles. The lowest BCUT2D eigenvalue weighted by atomic mass is 9.70. The summed E-state index contributed by atoms with van der Waals surface area (Å²) in [7, 11) is 0. The number of nitrogens with zero attached hydrogens (tertiary/aromatic N) is 2. The van der Waals surface area contributed by atoms with Crippen molar-refractivity contribution in [3.63, 3.8) is 0 Å². The number of hydrogen-bond donors (Lipinski definition) is 0. The first-order valence-electron chi connectivity index (χ1n) is 24.8. The molecule has 0 aromatic carbocycles. The highest BCUT2D eigenvalue weighted by Crippen LogP contribution is 2.56. The van der Waals surface area contributed by atoms with E-state index in [1.807, 2.05) is 16.7 Å². The molecule has 300 valence electrons. The van der Waals surface area contributed by atoms with Crippen LogP contribution in [-0.2, 0) is 0 Å². The van der Waals surface area contributed by atoms with Crippen LogP contribution in [0, 0.1) is 47.3 Å². The highest BCUT2D eigenvalue weighted by atomic mass is 15.3. The molecule has 2 saturated carbocycles. The minimum Gasteiger partial charge on any atom is -0.364 e. The van der Waals surface area contributed by atoms with Crippen LogP contribution in [0.5, 0.6) is 0 Å². The molecule has 0 bridgehead atoms. The van der Waals surface area contributed by atoms with Crippen molar-refractivity contribution in [2.75, 3.05) is 0 Å². The third-order valence-electron chi connectivity index (χ3n) is 18.2. The molecule has 0 amide bonds. The van der Waals surface area contributed by atoms with Crippen molar-refractivity contribution in [3.8, 4) is 0 Å². The van der Waals surface area contributed by atoms with E-state index < -0.39 is 0 Å². The zero-order valence-electron chi connectivity index (χ0n) is 34.9. The Morgan fingerprint density at radius 2 is 1.43 bits per heavy atom. The number of likely N-dealkylation sites (tertiary alicyclic amines) is 2. The van der Waals surface area contributed by atoms with Gasteiger partial charge in [-0.2, -0.15) is 0 Å². The fourth-order valence-electron chi connectivity index (χ4n) is 15.7. The van der Waals surface area contributed by atoms with Gasteiger partial charge in [0.1, 0.15) is 0 Å². The molecule has 13 atom stereocenters. The van der Waals surface area contributed by atoms with Crippen molar-refractivity contribution in [2.24, 2.45) is 47.3 Å². The first-order valence-corrected chi connectivity index (χ1v) is 24.8. The normalized spacial score (nSPS) is 43.8. The second-order valence-corrected chi connectivity index (χ2v) is 21.0. The maximum absolute atomic E-state index is 3.29. The predicted molar refractivity (Wildman–Crippen MR) is 234 cm³/mol. The van der Waals surface area contributed by atoms with Crippen LogP contribution in [0.4, 0.5) is 0 Å². The summed E-state index contributed by atoms with van der Waals surface area (Å²) in [6.45, 7) is 0. The number of hydrogen-bond acceptors (Lipinski definition) is 2. The van der Waals surface area contributed by atoms with Gasteiger partial charge in [0.05, 0.1) is 6.04 Å². The van der Waals surface area contributed by atoms with E-state index in [2.05, 4.69) is 76.6 Å². The largest absolute Gasteiger partial charge is 0.364 e. The molecular weight excluding hydrogens is 677 g/mol. The van der Waals surface area contributed by atoms with Crippen LogP contribution in [-0.4, -0.2) is 40.0 Å². The Bertz CT molecular complexity index is 1710. The Kier molecular flexibility index (Phi) is 10.5. The highest BCUT2D eigenvalue weighted by Gasteiger charge is 2.54. The van der Waals surface area contributed by atoms with Crippen molar-refractivity contribution in [2.45, 2.75) is 191 Å². The zero-order valence-corrected chi connectivity index (χ0v) is 34.9. The maximum atomic E-state index is 3.29. The standard InChI is InChI=1S/C54H74N2/c1-4-15-37(16-5-1)40-21-14-22-45(32-40)55-51-25-12-10-23-47(51)49-29-27-42(36-54(49)55)41-28-30-53-50(35-41)48-24-11-13-26-52(48)56(53)46-33-43(38-17-6-2-7-18-38)31-44(34-46)39-19-8-3-9-20-39/h2,4,6,8,15,19,21,29,31-32,35,37-39,42-43,46-48,50-54H,1,3,5,7,9-14,16-18,20,22-28,30,33-34,36H2. The lowest BCUT2D eigenvalue weighted by Crippen LogP contribution is -2.49. The van der Waals surface area contributed by atoms with Crippen LogP contribution < -0.4 is 0 Å². The van der Waals surface area contributed by atoms with Gasteiger partial charge in [-0.25, -0.2) is 0 Å². The molecule has 4 fully saturated rings. The number of fused-ring (bicyclic) bond motifs is 6. The van der Waals surface area contributed by atoms with Crippen molar-refractivity contribution in [3.05, 3.63) is 94.8 Å². The lowest BCUT2D eigenvalue weighted by molar-refractivity contribution is 0.0681. The predicted octanol–water partition coefficient (Wildman–Crippen LogP) is 13.5. The molecule has 11 rings (SSSR count). The lowest BCUT2D eigenvalue weighted by Gasteiger charge is -2.46. The second kappa shape index (κ2) is 16.0. The van der Waals surface area contributed by atoms with Crippen LogP contribution in [0.1, 0.15) is 161 Å². The molecule has 9 aliphatic carbocycles. The summed E-state index contributed by atoms with van der Waals surface area (Å²) < 4.78 is 0. The molecule has 0 radical (unpaired) electrons. The molecule has 0 N–H and O–H groups in total. The van der Waals surface area contributed by atoms with Crippen molar-refractivity contribution in [1.29, 1.82) is 0 Å². The first kappa shape index (κ1) is 36.7. The number of allylic oxidation sites excluding steroid dienone is 13. The summed E-state index contributed by atoms with van der Waals surface area (Å²) >= 11 is 0. The minimum absolute atomic E-state index is 0.656. The van der Waals surface area contributed by atoms with Crippen molar-refractivity contribution >= 4 is 0 Å². The smallest absolute Gasteiger partial charge is 0.0512 e. The Labute approximate surface area is 341 Å². The summed E-state index contributed by atoms with van der Waals surface area (Å²) in [5, 5.41) is 0. The summed E-state index contributed by atoms with van der Waals surface area (Å²) in [5.41, 5.74) is 8.99. The molecule has 0 aromatic rings. The van der Waals surface area contributed by atoms with E-state index in [0.29, 0.717) is 17.9 Å². The zero-order chi connectivity index (χ0) is 37.0. The Balaban J connectivity index is 0.863. The fourth-order valence-corrected chi connectivity index (χ4v) is 15.7. The Morgan fingerprint density at radius 3 is 2.27 bits per heavy atom. The van der Waals surface area contributed by atoms with Gasteiger partial charge >= 0.3 is 0 Å². The molecule has 0 aromatic heterocycles. The van der Waals surface area contributed by atoms with Gasteiger partial charge in [-0.05, 0) is 188 Å². The molecule has 2 nitrogen and oxygen atoms in total. The van der Waals surface area contributed by atoms with Crippen molar-refractivity contribution in [1.82, 2.24) is 9.80 Å². The molecule has 2 aliphatic heterocycles. The van der Waals surface area contributed by atoms with E-state index in [1.54, 1.807) is 11.3 Å². The van der Waals surface area contributed by atoms with E-state index in [9.17, 15) is 0 Å². The summed E-state index contributed by atoms with van der Waals surface area (Å²) in [4.78, 5) is 6.38. The van der Waals surface area contributed by atoms with Gasteiger partial charge in [-0.3, -0.25) is 4.90 Å². The van der Waals surface area contributed by atoms with E-state index in [0.717, 1.165) is 59.7 Å². The minimum atomic E-state index is 0.656. The summed E-state index contributed by atoms with van der Waals surface area (Å²) in [6, 6.07) is 3.80. The highest BCUT2D eigenvalue weighted by molar-refractivity contribution is 5.38. The molecular formula is C54H74N2. The molecule has 2 saturated heterocycles. The van der Waals surface area contributed by atoms with Gasteiger partial charge in [0.2, 0.25) is 0 Å². The third kappa shape index (κ3) is 6.80. The van der Waals surface area contributed by atoms with Crippen LogP contribution >= 0.6 is 0 Å². The topological polar surface area (TPSA) is 6.48 Å². The second-order valence-electron chi connectivity index (χ2n) is 21.0. The van der Waals surface area contributed by atoms with Crippen LogP contribution in [0.25, 0.3) is 0 Å². The SMILES string of the molecule is C1=CC(C2=CCCC(N3C4CC(C5=CC6C7CCCCC7N(C7CC(C8C=CCCC8)=CC(C8CC=CCC8)C7)C6CC5)CC=C4C4CCCCC43)=C2)CCC1. The average molecular weight is 751 g/mol. The van der Waals surface area contributed by atoms with E-state index in [-0.39, 0.29) is 0 Å². The molecule has 0 spiro atoms. The Hall–Kier alpha value is -2.32. The van der Waals surface area contributed by atoms with Crippen LogP contribution in [0.3, 0.4) is 0 Å². The van der Waals surface area contributed by atoms with Gasteiger partial charge in [-0.15, -0.1) is 0 Å². The monoisotopic (exact) mass is 751 g/mol. The molecule has 2 heteroatoms. The van der Waals surface area contributed by atoms with Crippen molar-refractivity contribution < 1.29 is 0 Å². The van der Waals surface area contributed by atoms with E-state index >= 15 is 0 Å². The van der Waals surface area contributed by atoms with Crippen LogP contribution in [0.2, 0.25) is 0 Å². The molecule has 11 aliphatic rings. The molecule has 56 heavy (non-hydrogen) atoms. The summed E-state index contributed by atoms with van der Waals surface area (Å²) in [5.74, 6) is 6.30. The fraction of sp³-hybridized carbons (Fsp3) is 0.704. The average Bonchev–Trinajstić information content (AvgIpc) is 3.79. The van der Waals surface area contributed by atoms with Gasteiger partial charge in [0.25, 0.3) is 0 Å². The quantitative estimate of drug-likeness (QED) is 0.250. The van der Waals surface area contributed by atoms with Crippen LogP contribution in [0.15, 0.2) is 94.8 Å². The third-order valence-corrected chi connectivity index (χ3v) is 18.2. The maximum Gasteiger partial charge on any atom is 0.0512 e. The van der Waals surface area contributed by atoms with Gasteiger partial charge in [0, 0.05) is 41.7 Å². The Morgan fingerprint density at radius 1 is 0.589 bits per heavy atom. The van der Waals surface area contributed by atoms with E-state index in [4.69, 9.17) is 0 Å². The first-order chi connectivity index (χ1) is 27.8. The van der Waals surface area contributed by atoms with Gasteiger partial charge in [0.15, 0.2) is 0 Å². The number of rotatable bonds is 6. The van der Waals surface area contributed by atoms with E-state index in [1.165, 1.54) is 161 Å². The van der Waals surface area contributed by atoms with Gasteiger partial charge in [-0.1, -0.05) is 97.6 Å². The van der Waals surface area contributed by atoms with Gasteiger partial charge < -0.3 is 4.90 Å². The summed E-state index contributed by atoms with van der Waals surface area (Å²) in [6.07, 6.45) is 63.7. The molecule has 13 unspecified atom stereocenters.